The summed E-state index contributed by atoms with van der Waals surface area (Å²) in [7, 11) is 0. The maximum atomic E-state index is 13.6. The summed E-state index contributed by atoms with van der Waals surface area (Å²) in [5, 5.41) is 9.24. The third kappa shape index (κ3) is 4.92. The van der Waals surface area contributed by atoms with Crippen molar-refractivity contribution in [2.75, 3.05) is 62.3 Å². The average Bonchev–Trinajstić information content (AvgIpc) is 3.74. The number of benzene rings is 1. The van der Waals surface area contributed by atoms with Crippen molar-refractivity contribution in [3.63, 3.8) is 0 Å². The first-order valence-corrected chi connectivity index (χ1v) is 14.7. The first-order chi connectivity index (χ1) is 18.1. The number of aryl methyl sites for hydroxylation is 1. The zero-order chi connectivity index (χ0) is 25.4. The highest BCUT2D eigenvalue weighted by Crippen LogP contribution is 2.32. The number of anilines is 1. The van der Waals surface area contributed by atoms with E-state index in [1.54, 1.807) is 0 Å². The summed E-state index contributed by atoms with van der Waals surface area (Å²) >= 11 is 1.83. The topological polar surface area (TPSA) is 68.2 Å². The van der Waals surface area contributed by atoms with E-state index in [0.29, 0.717) is 6.04 Å². The molecule has 6 rings (SSSR count). The quantitative estimate of drug-likeness (QED) is 0.532. The molecule has 0 saturated carbocycles. The highest BCUT2D eigenvalue weighted by atomic mass is 32.2. The molecule has 4 aliphatic rings. The number of aldehydes is 1. The molecule has 198 valence electrons. The molecule has 1 amide bonds. The van der Waals surface area contributed by atoms with E-state index in [1.165, 1.54) is 0 Å². The highest BCUT2D eigenvalue weighted by molar-refractivity contribution is 7.99. The summed E-state index contributed by atoms with van der Waals surface area (Å²) in [6, 6.07) is 12.6. The van der Waals surface area contributed by atoms with E-state index in [9.17, 15) is 9.59 Å². The Hall–Kier alpha value is -2.40. The fraction of sp³-hybridized carbons (Fsp3) is 0.593. The zero-order valence-corrected chi connectivity index (χ0v) is 22.4. The van der Waals surface area contributed by atoms with Crippen molar-refractivity contribution >= 4 is 29.8 Å². The van der Waals surface area contributed by atoms with Gasteiger partial charge in [0, 0.05) is 63.7 Å². The van der Waals surface area contributed by atoms with Crippen LogP contribution in [0.25, 0.3) is 5.69 Å². The third-order valence-corrected chi connectivity index (χ3v) is 9.29. The molecule has 0 bridgehead atoms. The molecule has 9 nitrogen and oxygen atoms in total. The first kappa shape index (κ1) is 24.9. The Bertz CT molecular complexity index is 1100. The number of carbonyl (C=O) groups excluding carboxylic acids is 2. The fourth-order valence-corrected chi connectivity index (χ4v) is 7.35. The van der Waals surface area contributed by atoms with E-state index in [0.717, 1.165) is 100 Å². The summed E-state index contributed by atoms with van der Waals surface area (Å²) < 4.78 is 2.05. The molecule has 2 aromatic rings. The van der Waals surface area contributed by atoms with Gasteiger partial charge in [-0.3, -0.25) is 9.69 Å². The molecule has 5 heterocycles. The molecule has 0 aliphatic carbocycles. The van der Waals surface area contributed by atoms with Crippen molar-refractivity contribution in [1.29, 1.82) is 0 Å². The Morgan fingerprint density at radius 3 is 2.59 bits per heavy atom. The predicted molar refractivity (Wildman–Crippen MR) is 146 cm³/mol. The molecule has 3 atom stereocenters. The molecule has 4 aliphatic heterocycles. The van der Waals surface area contributed by atoms with Gasteiger partial charge in [0.1, 0.15) is 18.1 Å². The van der Waals surface area contributed by atoms with Crippen LogP contribution in [0, 0.1) is 6.92 Å². The summed E-state index contributed by atoms with van der Waals surface area (Å²) in [5.74, 6) is 3.19. The molecular weight excluding hydrogens is 486 g/mol. The second-order valence-electron chi connectivity index (χ2n) is 10.6. The average molecular weight is 524 g/mol. The minimum atomic E-state index is -0.163. The fourth-order valence-electron chi connectivity index (χ4n) is 6.39. The monoisotopic (exact) mass is 523 g/mol. The van der Waals surface area contributed by atoms with Crippen LogP contribution in [0.4, 0.5) is 5.82 Å². The Balaban J connectivity index is 1.16. The van der Waals surface area contributed by atoms with Gasteiger partial charge >= 0.3 is 0 Å². The molecule has 4 saturated heterocycles. The SMILES string of the molecule is Cc1cc(N2CCN(C3C[C@@H](C(=O)N4CCSC4)N(N4CCC[C@H]4C=O)C3)CC2)n(-c2ccccc2)n1. The van der Waals surface area contributed by atoms with E-state index in [2.05, 4.69) is 42.7 Å². The molecule has 0 spiro atoms. The molecule has 37 heavy (non-hydrogen) atoms. The summed E-state index contributed by atoms with van der Waals surface area (Å²) in [6.07, 6.45) is 3.81. The van der Waals surface area contributed by atoms with E-state index in [-0.39, 0.29) is 18.0 Å². The second kappa shape index (κ2) is 10.8. The first-order valence-electron chi connectivity index (χ1n) is 13.6. The summed E-state index contributed by atoms with van der Waals surface area (Å²) in [4.78, 5) is 32.4. The molecular formula is C27H37N7O2S. The number of nitrogens with zero attached hydrogens (tertiary/aromatic N) is 7. The number of hydrogen-bond donors (Lipinski definition) is 0. The van der Waals surface area contributed by atoms with Crippen LogP contribution in [0.2, 0.25) is 0 Å². The second-order valence-corrected chi connectivity index (χ2v) is 11.7. The van der Waals surface area contributed by atoms with E-state index >= 15 is 0 Å². The van der Waals surface area contributed by atoms with Gasteiger partial charge in [-0.25, -0.2) is 14.7 Å². The number of carbonyl (C=O) groups is 2. The molecule has 10 heteroatoms. The summed E-state index contributed by atoms with van der Waals surface area (Å²) in [5.41, 5.74) is 2.10. The Morgan fingerprint density at radius 2 is 1.86 bits per heavy atom. The van der Waals surface area contributed by atoms with Crippen LogP contribution < -0.4 is 4.90 Å². The number of hydrazine groups is 1. The lowest BCUT2D eigenvalue weighted by atomic mass is 10.1. The normalized spacial score (nSPS) is 27.9. The van der Waals surface area contributed by atoms with Crippen molar-refractivity contribution < 1.29 is 9.59 Å². The van der Waals surface area contributed by atoms with Crippen LogP contribution in [0.15, 0.2) is 36.4 Å². The van der Waals surface area contributed by atoms with Crippen LogP contribution in [0.5, 0.6) is 0 Å². The van der Waals surface area contributed by atoms with Crippen molar-refractivity contribution in [3.05, 3.63) is 42.1 Å². The Kier molecular flexibility index (Phi) is 7.25. The summed E-state index contributed by atoms with van der Waals surface area (Å²) in [6.45, 7) is 8.33. The van der Waals surface area contributed by atoms with Crippen LogP contribution in [0.3, 0.4) is 0 Å². The maximum absolute atomic E-state index is 13.6. The molecule has 4 fully saturated rings. The van der Waals surface area contributed by atoms with Gasteiger partial charge in [0.15, 0.2) is 0 Å². The van der Waals surface area contributed by atoms with Gasteiger partial charge in [0.25, 0.3) is 0 Å². The van der Waals surface area contributed by atoms with Crippen molar-refractivity contribution in [2.45, 2.75) is 44.3 Å². The largest absolute Gasteiger partial charge is 0.354 e. The molecule has 0 N–H and O–H groups in total. The van der Waals surface area contributed by atoms with Crippen molar-refractivity contribution in [3.8, 4) is 5.69 Å². The minimum absolute atomic E-state index is 0.0969. The van der Waals surface area contributed by atoms with E-state index < -0.39 is 0 Å². The number of amides is 1. The Labute approximate surface area is 223 Å². The van der Waals surface area contributed by atoms with E-state index in [1.807, 2.05) is 41.8 Å². The van der Waals surface area contributed by atoms with Gasteiger partial charge in [0.05, 0.1) is 23.3 Å². The lowest BCUT2D eigenvalue weighted by Gasteiger charge is -2.39. The number of hydrogen-bond acceptors (Lipinski definition) is 8. The Morgan fingerprint density at radius 1 is 1.05 bits per heavy atom. The van der Waals surface area contributed by atoms with Crippen LogP contribution in [-0.4, -0.2) is 117 Å². The highest BCUT2D eigenvalue weighted by Gasteiger charge is 2.46. The lowest BCUT2D eigenvalue weighted by molar-refractivity contribution is -0.145. The van der Waals surface area contributed by atoms with Crippen LogP contribution >= 0.6 is 11.8 Å². The van der Waals surface area contributed by atoms with Crippen LogP contribution in [0.1, 0.15) is 25.0 Å². The smallest absolute Gasteiger partial charge is 0.242 e. The third-order valence-electron chi connectivity index (χ3n) is 8.33. The van der Waals surface area contributed by atoms with Crippen molar-refractivity contribution in [2.24, 2.45) is 0 Å². The molecule has 1 aromatic carbocycles. The number of aromatic nitrogens is 2. The predicted octanol–water partition coefficient (Wildman–Crippen LogP) is 1.86. The number of piperazine rings is 1. The van der Waals surface area contributed by atoms with Gasteiger partial charge in [-0.1, -0.05) is 18.2 Å². The van der Waals surface area contributed by atoms with Gasteiger partial charge in [-0.2, -0.15) is 5.10 Å². The minimum Gasteiger partial charge on any atom is -0.354 e. The van der Waals surface area contributed by atoms with Gasteiger partial charge in [-0.05, 0) is 38.3 Å². The lowest BCUT2D eigenvalue weighted by Crippen LogP contribution is -2.54. The van der Waals surface area contributed by atoms with E-state index in [4.69, 9.17) is 5.10 Å². The van der Waals surface area contributed by atoms with Crippen LogP contribution in [-0.2, 0) is 9.59 Å². The number of rotatable bonds is 6. The van der Waals surface area contributed by atoms with Crippen molar-refractivity contribution in [1.82, 2.24) is 29.6 Å². The zero-order valence-electron chi connectivity index (χ0n) is 21.6. The molecule has 1 unspecified atom stereocenters. The van der Waals surface area contributed by atoms with Gasteiger partial charge < -0.3 is 14.6 Å². The molecule has 1 aromatic heterocycles. The standard InChI is InChI=1S/C27H37N7O2S/c1-21-16-26(34(28-21)22-6-3-2-4-7-22)30-12-10-29(11-13-30)24-17-25(27(36)31-14-15-37-20-31)33(18-24)32-9-5-8-23(32)19-35/h2-4,6-7,16,19,23-25H,5,8-15,17-18,20H2,1H3/t23-,24?,25-/m0/s1. The number of para-hydroxylation sites is 1. The van der Waals surface area contributed by atoms with Gasteiger partial charge in [0.2, 0.25) is 5.91 Å². The maximum Gasteiger partial charge on any atom is 0.242 e. The van der Waals surface area contributed by atoms with Gasteiger partial charge in [-0.15, -0.1) is 11.8 Å². The molecule has 0 radical (unpaired) electrons. The number of thioether (sulfide) groups is 1.